The molecule has 3 amide bonds. The molecule has 3 fully saturated rings. The zero-order valence-electron chi connectivity index (χ0n) is 31.6. The molecule has 3 aliphatic rings. The predicted molar refractivity (Wildman–Crippen MR) is 201 cm³/mol. The van der Waals surface area contributed by atoms with Crippen LogP contribution < -0.4 is 5.32 Å². The third-order valence-corrected chi connectivity index (χ3v) is 11.5. The Hall–Kier alpha value is -3.02. The largest absolute Gasteiger partial charge is 0.455 e. The minimum absolute atomic E-state index is 0.115. The summed E-state index contributed by atoms with van der Waals surface area (Å²) < 4.78 is 13.1. The average Bonchev–Trinajstić information content (AvgIpc) is 3.63. The highest BCUT2D eigenvalue weighted by Crippen LogP contribution is 2.61. The van der Waals surface area contributed by atoms with Crippen molar-refractivity contribution in [2.24, 2.45) is 23.2 Å². The second-order valence-electron chi connectivity index (χ2n) is 16.6. The molecule has 282 valence electrons. The van der Waals surface area contributed by atoms with Crippen molar-refractivity contribution < 1.29 is 33.8 Å². The summed E-state index contributed by atoms with van der Waals surface area (Å²) in [6.07, 6.45) is 3.51. The van der Waals surface area contributed by atoms with Crippen molar-refractivity contribution in [2.45, 2.75) is 127 Å². The number of halogens is 1. The van der Waals surface area contributed by atoms with Gasteiger partial charge in [0.05, 0.1) is 36.6 Å². The van der Waals surface area contributed by atoms with Crippen LogP contribution in [0.1, 0.15) is 92.7 Å². The number of hydrogen-bond acceptors (Lipinski definition) is 7. The molecule has 1 spiro atoms. The van der Waals surface area contributed by atoms with Gasteiger partial charge in [0.15, 0.2) is 0 Å². The van der Waals surface area contributed by atoms with Crippen LogP contribution in [-0.4, -0.2) is 91.9 Å². The molecular formula is C40H58BrN3O7. The number of nitrogens with one attached hydrogen (secondary N) is 1. The van der Waals surface area contributed by atoms with Gasteiger partial charge in [0.1, 0.15) is 17.7 Å². The van der Waals surface area contributed by atoms with Crippen LogP contribution in [0, 0.1) is 23.2 Å². The van der Waals surface area contributed by atoms with E-state index < -0.39 is 65.2 Å². The van der Waals surface area contributed by atoms with E-state index in [1.807, 2.05) is 58.0 Å². The van der Waals surface area contributed by atoms with E-state index >= 15 is 4.79 Å². The van der Waals surface area contributed by atoms with Crippen molar-refractivity contribution in [3.8, 4) is 0 Å². The number of fused-ring (bicyclic) bond motifs is 1. The van der Waals surface area contributed by atoms with Crippen molar-refractivity contribution >= 4 is 39.6 Å². The van der Waals surface area contributed by atoms with E-state index in [0.29, 0.717) is 24.8 Å². The van der Waals surface area contributed by atoms with Gasteiger partial charge in [-0.25, -0.2) is 0 Å². The molecule has 10 nitrogen and oxygen atoms in total. The van der Waals surface area contributed by atoms with Gasteiger partial charge < -0.3 is 29.7 Å². The quantitative estimate of drug-likeness (QED) is 0.125. The fourth-order valence-corrected chi connectivity index (χ4v) is 9.78. The monoisotopic (exact) mass is 771 g/mol. The molecule has 3 aliphatic heterocycles. The van der Waals surface area contributed by atoms with E-state index in [1.165, 1.54) is 4.90 Å². The van der Waals surface area contributed by atoms with Crippen LogP contribution in [-0.2, 0) is 28.7 Å². The van der Waals surface area contributed by atoms with E-state index in [2.05, 4.69) is 55.2 Å². The maximum absolute atomic E-state index is 15.1. The second kappa shape index (κ2) is 15.9. The number of benzene rings is 1. The second-order valence-corrected chi connectivity index (χ2v) is 17.8. The van der Waals surface area contributed by atoms with Crippen LogP contribution in [0.5, 0.6) is 0 Å². The molecule has 2 bridgehead atoms. The van der Waals surface area contributed by atoms with Gasteiger partial charge in [-0.2, -0.15) is 0 Å². The molecule has 2 N–H and O–H groups in total. The van der Waals surface area contributed by atoms with Gasteiger partial charge in [0.2, 0.25) is 17.7 Å². The van der Waals surface area contributed by atoms with Gasteiger partial charge in [-0.05, 0) is 56.9 Å². The lowest BCUT2D eigenvalue weighted by molar-refractivity contribution is -0.163. The molecule has 0 aliphatic carbocycles. The predicted octanol–water partition coefficient (Wildman–Crippen LogP) is 5.74. The summed E-state index contributed by atoms with van der Waals surface area (Å²) in [5.41, 5.74) is -1.40. The highest BCUT2D eigenvalue weighted by atomic mass is 79.9. The summed E-state index contributed by atoms with van der Waals surface area (Å²) >= 11 is 3.76. The summed E-state index contributed by atoms with van der Waals surface area (Å²) in [4.78, 5) is 60.2. The summed E-state index contributed by atoms with van der Waals surface area (Å²) in [5.74, 6) is -3.80. The number of likely N-dealkylation sites (tertiary alicyclic amines) is 1. The van der Waals surface area contributed by atoms with Gasteiger partial charge in [-0.15, -0.1) is 13.2 Å². The maximum Gasteiger partial charge on any atom is 0.313 e. The minimum Gasteiger partial charge on any atom is -0.455 e. The van der Waals surface area contributed by atoms with Crippen LogP contribution >= 0.6 is 15.9 Å². The molecule has 11 heteroatoms. The van der Waals surface area contributed by atoms with Crippen molar-refractivity contribution in [1.82, 2.24) is 15.1 Å². The lowest BCUT2D eigenvalue weighted by Crippen LogP contribution is -2.63. The van der Waals surface area contributed by atoms with Gasteiger partial charge >= 0.3 is 5.97 Å². The number of ether oxygens (including phenoxy) is 2. The molecule has 3 saturated heterocycles. The normalized spacial score (nSPS) is 27.5. The Kier molecular flexibility index (Phi) is 12.7. The Morgan fingerprint density at radius 2 is 1.78 bits per heavy atom. The standard InChI is InChI=1S/C40H58BrN3O7/c1-11-13-19-29(46)42-25(5)32(26-17-15-14-16-18-26)50-37(49)30-31-35(47)44(28(22-45)24(3)4)34(40(31)21-27(41)33(30)51-40)36(48)43(20-12-2)39(9,10)23-38(6,7)8/h11-12,14-18,24-25,27-28,30-34,45H,1-2,13,19-23H2,3-10H3,(H,42,46)/t25-,27?,28+,30-,31+,32-,33-,34-,40+/m1/s1. The molecule has 0 saturated carbocycles. The summed E-state index contributed by atoms with van der Waals surface area (Å²) in [7, 11) is 0. The Morgan fingerprint density at radius 1 is 1.14 bits per heavy atom. The molecule has 1 aromatic carbocycles. The first-order valence-corrected chi connectivity index (χ1v) is 19.1. The topological polar surface area (TPSA) is 125 Å². The number of amides is 3. The fraction of sp³-hybridized carbons (Fsp3) is 0.650. The molecule has 51 heavy (non-hydrogen) atoms. The van der Waals surface area contributed by atoms with E-state index in [9.17, 15) is 19.5 Å². The molecule has 4 rings (SSSR count). The van der Waals surface area contributed by atoms with E-state index in [-0.39, 0.29) is 47.5 Å². The third kappa shape index (κ3) is 8.15. The van der Waals surface area contributed by atoms with Gasteiger partial charge in [-0.1, -0.05) is 93.0 Å². The lowest BCUT2D eigenvalue weighted by atomic mass is 9.70. The first-order chi connectivity index (χ1) is 23.8. The number of alkyl halides is 1. The SMILES string of the molecule is C=CCCC(=O)N[C@H](C)[C@@H](OC(=O)[C@H]1[C@@H]2O[C@@]3(CC2Br)[C@@H]1C(=O)N([C@@H](CO)C(C)C)[C@@H]3C(=O)N(CC=C)C(C)(C)CC(C)(C)C)c1ccccc1. The number of rotatable bonds is 16. The van der Waals surface area contributed by atoms with Crippen molar-refractivity contribution in [3.63, 3.8) is 0 Å². The Morgan fingerprint density at radius 3 is 2.33 bits per heavy atom. The van der Waals surface area contributed by atoms with Crippen molar-refractivity contribution in [1.29, 1.82) is 0 Å². The Bertz CT molecular complexity index is 1460. The Labute approximate surface area is 312 Å². The number of hydrogen-bond donors (Lipinski definition) is 2. The van der Waals surface area contributed by atoms with Crippen LogP contribution in [0.3, 0.4) is 0 Å². The number of aliphatic hydroxyl groups is 1. The van der Waals surface area contributed by atoms with Gasteiger partial charge in [0.25, 0.3) is 0 Å². The van der Waals surface area contributed by atoms with Crippen molar-refractivity contribution in [3.05, 3.63) is 61.2 Å². The first kappa shape index (κ1) is 40.7. The first-order valence-electron chi connectivity index (χ1n) is 18.2. The molecular weight excluding hydrogens is 714 g/mol. The highest BCUT2D eigenvalue weighted by molar-refractivity contribution is 9.09. The smallest absolute Gasteiger partial charge is 0.313 e. The van der Waals surface area contributed by atoms with E-state index in [1.54, 1.807) is 24.0 Å². The molecule has 1 unspecified atom stereocenters. The number of allylic oxidation sites excluding steroid dienone is 1. The van der Waals surface area contributed by atoms with Crippen LogP contribution in [0.4, 0.5) is 0 Å². The zero-order chi connectivity index (χ0) is 38.1. The maximum atomic E-state index is 15.1. The van der Waals surface area contributed by atoms with Crippen LogP contribution in [0.2, 0.25) is 0 Å². The fourth-order valence-electron chi connectivity index (χ4n) is 8.84. The number of esters is 1. The molecule has 3 heterocycles. The third-order valence-electron chi connectivity index (χ3n) is 10.6. The number of aliphatic hydroxyl groups excluding tert-OH is 1. The minimum atomic E-state index is -1.34. The summed E-state index contributed by atoms with van der Waals surface area (Å²) in [5, 5.41) is 13.7. The number of nitrogens with zero attached hydrogens (tertiary/aromatic N) is 2. The number of carbonyl (C=O) groups excluding carboxylic acids is 4. The lowest BCUT2D eigenvalue weighted by Gasteiger charge is -2.47. The molecule has 0 radical (unpaired) electrons. The van der Waals surface area contributed by atoms with Crippen LogP contribution in [0.25, 0.3) is 0 Å². The van der Waals surface area contributed by atoms with Gasteiger partial charge in [-0.3, -0.25) is 19.2 Å². The molecule has 9 atom stereocenters. The molecule has 0 aromatic heterocycles. The number of carbonyl (C=O) groups is 4. The highest BCUT2D eigenvalue weighted by Gasteiger charge is 2.78. The summed E-state index contributed by atoms with van der Waals surface area (Å²) in [6.45, 7) is 23.5. The van der Waals surface area contributed by atoms with E-state index in [0.717, 1.165) is 0 Å². The zero-order valence-corrected chi connectivity index (χ0v) is 33.1. The Balaban J connectivity index is 1.78. The van der Waals surface area contributed by atoms with Gasteiger partial charge in [0, 0.05) is 23.3 Å². The average molecular weight is 773 g/mol. The van der Waals surface area contributed by atoms with E-state index in [4.69, 9.17) is 9.47 Å². The van der Waals surface area contributed by atoms with Crippen LogP contribution in [0.15, 0.2) is 55.6 Å². The van der Waals surface area contributed by atoms with Crippen molar-refractivity contribution in [2.75, 3.05) is 13.2 Å². The summed E-state index contributed by atoms with van der Waals surface area (Å²) in [6, 6.07) is 6.79. The molecule has 1 aromatic rings.